The number of nitrogens with zero attached hydrogens (tertiary/aromatic N) is 1. The molecule has 1 aromatic carbocycles. The fourth-order valence-electron chi connectivity index (χ4n) is 2.28. The van der Waals surface area contributed by atoms with Gasteiger partial charge in [0, 0.05) is 6.54 Å². The van der Waals surface area contributed by atoms with E-state index in [1.54, 1.807) is 0 Å². The smallest absolute Gasteiger partial charge is 0.237 e. The maximum absolute atomic E-state index is 12.5. The van der Waals surface area contributed by atoms with E-state index in [0.717, 1.165) is 30.0 Å². The molecule has 1 aromatic heterocycles. The molecule has 0 fully saturated rings. The largest absolute Gasteiger partial charge is 0.464 e. The van der Waals surface area contributed by atoms with E-state index in [-0.39, 0.29) is 5.91 Å². The zero-order valence-electron chi connectivity index (χ0n) is 13.3. The highest BCUT2D eigenvalue weighted by Gasteiger charge is 2.15. The van der Waals surface area contributed by atoms with Crippen LogP contribution < -0.4 is 5.32 Å². The lowest BCUT2D eigenvalue weighted by Crippen LogP contribution is -2.37. The standard InChI is InChI=1S/C18H24N2O2/c1-3-11-19-12-18(21)20(13-16-7-5-4-6-8-16)14-17-10-9-15(2)22-17/h4-10,19H,3,11-14H2,1-2H3. The van der Waals surface area contributed by atoms with Crippen LogP contribution in [0.25, 0.3) is 0 Å². The topological polar surface area (TPSA) is 45.5 Å². The summed E-state index contributed by atoms with van der Waals surface area (Å²) < 4.78 is 5.61. The van der Waals surface area contributed by atoms with Gasteiger partial charge in [-0.3, -0.25) is 4.79 Å². The Kier molecular flexibility index (Phi) is 6.22. The van der Waals surface area contributed by atoms with Crippen LogP contribution in [-0.4, -0.2) is 23.9 Å². The van der Waals surface area contributed by atoms with Crippen molar-refractivity contribution >= 4 is 5.91 Å². The highest BCUT2D eigenvalue weighted by Crippen LogP contribution is 2.13. The first kappa shape index (κ1) is 16.3. The van der Waals surface area contributed by atoms with Gasteiger partial charge in [-0.2, -0.15) is 0 Å². The van der Waals surface area contributed by atoms with Gasteiger partial charge in [0.25, 0.3) is 0 Å². The van der Waals surface area contributed by atoms with E-state index >= 15 is 0 Å². The van der Waals surface area contributed by atoms with Crippen molar-refractivity contribution in [1.29, 1.82) is 0 Å². The Hall–Kier alpha value is -2.07. The molecule has 0 saturated heterocycles. The van der Waals surface area contributed by atoms with Crippen molar-refractivity contribution in [2.24, 2.45) is 0 Å². The SMILES string of the molecule is CCCNCC(=O)N(Cc1ccccc1)Cc1ccc(C)o1. The maximum atomic E-state index is 12.5. The highest BCUT2D eigenvalue weighted by atomic mass is 16.3. The van der Waals surface area contributed by atoms with E-state index < -0.39 is 0 Å². The highest BCUT2D eigenvalue weighted by molar-refractivity contribution is 5.78. The predicted molar refractivity (Wildman–Crippen MR) is 87.3 cm³/mol. The van der Waals surface area contributed by atoms with Crippen molar-refractivity contribution in [2.45, 2.75) is 33.4 Å². The third-order valence-electron chi connectivity index (χ3n) is 3.41. The van der Waals surface area contributed by atoms with Crippen LogP contribution in [0, 0.1) is 6.92 Å². The average molecular weight is 300 g/mol. The predicted octanol–water partition coefficient (Wildman–Crippen LogP) is 3.12. The molecule has 1 heterocycles. The number of carbonyl (C=O) groups is 1. The van der Waals surface area contributed by atoms with Crippen molar-refractivity contribution in [2.75, 3.05) is 13.1 Å². The van der Waals surface area contributed by atoms with Crippen LogP contribution in [0.2, 0.25) is 0 Å². The van der Waals surface area contributed by atoms with Crippen LogP contribution in [0.4, 0.5) is 0 Å². The Bertz CT molecular complexity index is 578. The second kappa shape index (κ2) is 8.39. The molecule has 1 N–H and O–H groups in total. The quantitative estimate of drug-likeness (QED) is 0.762. The summed E-state index contributed by atoms with van der Waals surface area (Å²) >= 11 is 0. The van der Waals surface area contributed by atoms with E-state index in [1.807, 2.05) is 54.3 Å². The molecule has 0 radical (unpaired) electrons. The lowest BCUT2D eigenvalue weighted by atomic mass is 10.2. The number of nitrogens with one attached hydrogen (secondary N) is 1. The Morgan fingerprint density at radius 2 is 1.91 bits per heavy atom. The first-order valence-corrected chi connectivity index (χ1v) is 7.76. The summed E-state index contributed by atoms with van der Waals surface area (Å²) in [6.45, 7) is 6.30. The van der Waals surface area contributed by atoms with Crippen LogP contribution in [0.1, 0.15) is 30.4 Å². The van der Waals surface area contributed by atoms with E-state index in [4.69, 9.17) is 4.42 Å². The number of carbonyl (C=O) groups excluding carboxylic acids is 1. The van der Waals surface area contributed by atoms with Gasteiger partial charge in [-0.15, -0.1) is 0 Å². The molecule has 1 amide bonds. The van der Waals surface area contributed by atoms with Gasteiger partial charge >= 0.3 is 0 Å². The fourth-order valence-corrected chi connectivity index (χ4v) is 2.28. The van der Waals surface area contributed by atoms with Crippen LogP contribution in [0.5, 0.6) is 0 Å². The summed E-state index contributed by atoms with van der Waals surface area (Å²) in [6.07, 6.45) is 1.02. The maximum Gasteiger partial charge on any atom is 0.237 e. The molecule has 2 rings (SSSR count). The Morgan fingerprint density at radius 1 is 1.14 bits per heavy atom. The molecule has 0 unspecified atom stereocenters. The number of furan rings is 1. The monoisotopic (exact) mass is 300 g/mol. The number of aryl methyl sites for hydroxylation is 1. The van der Waals surface area contributed by atoms with E-state index in [0.29, 0.717) is 19.6 Å². The minimum atomic E-state index is 0.0892. The summed E-state index contributed by atoms with van der Waals surface area (Å²) in [5.74, 6) is 1.77. The van der Waals surface area contributed by atoms with Crippen LogP contribution in [-0.2, 0) is 17.9 Å². The first-order chi connectivity index (χ1) is 10.7. The van der Waals surface area contributed by atoms with Gasteiger partial charge in [0.1, 0.15) is 11.5 Å². The van der Waals surface area contributed by atoms with Crippen molar-refractivity contribution in [3.63, 3.8) is 0 Å². The summed E-state index contributed by atoms with van der Waals surface area (Å²) in [6, 6.07) is 13.9. The molecule has 0 spiro atoms. The summed E-state index contributed by atoms with van der Waals surface area (Å²) in [4.78, 5) is 14.3. The number of hydrogen-bond acceptors (Lipinski definition) is 3. The van der Waals surface area contributed by atoms with E-state index in [1.165, 1.54) is 0 Å². The van der Waals surface area contributed by atoms with Gasteiger partial charge < -0.3 is 14.6 Å². The van der Waals surface area contributed by atoms with Crippen LogP contribution in [0.15, 0.2) is 46.9 Å². The molecule has 0 atom stereocenters. The number of rotatable bonds is 8. The molecule has 22 heavy (non-hydrogen) atoms. The van der Waals surface area contributed by atoms with Crippen molar-refractivity contribution < 1.29 is 9.21 Å². The average Bonchev–Trinajstić information content (AvgIpc) is 2.93. The van der Waals surface area contributed by atoms with Gasteiger partial charge in [-0.25, -0.2) is 0 Å². The van der Waals surface area contributed by atoms with Crippen LogP contribution >= 0.6 is 0 Å². The van der Waals surface area contributed by atoms with Gasteiger partial charge in [0.15, 0.2) is 0 Å². The molecule has 4 nitrogen and oxygen atoms in total. The van der Waals surface area contributed by atoms with E-state index in [2.05, 4.69) is 12.2 Å². The molecule has 0 bridgehead atoms. The van der Waals surface area contributed by atoms with Gasteiger partial charge in [-0.1, -0.05) is 37.3 Å². The Labute approximate surface area is 132 Å². The number of amides is 1. The van der Waals surface area contributed by atoms with Crippen LogP contribution in [0.3, 0.4) is 0 Å². The minimum Gasteiger partial charge on any atom is -0.464 e. The van der Waals surface area contributed by atoms with E-state index in [9.17, 15) is 4.79 Å². The second-order valence-corrected chi connectivity index (χ2v) is 5.42. The molecule has 0 saturated carbocycles. The lowest BCUT2D eigenvalue weighted by molar-refractivity contribution is -0.131. The molecule has 2 aromatic rings. The number of benzene rings is 1. The van der Waals surface area contributed by atoms with Gasteiger partial charge in [-0.05, 0) is 37.6 Å². The third kappa shape index (κ3) is 5.04. The lowest BCUT2D eigenvalue weighted by Gasteiger charge is -2.22. The van der Waals surface area contributed by atoms with Crippen molar-refractivity contribution in [1.82, 2.24) is 10.2 Å². The molecule has 0 aliphatic rings. The summed E-state index contributed by atoms with van der Waals surface area (Å²) in [5.41, 5.74) is 1.12. The summed E-state index contributed by atoms with van der Waals surface area (Å²) in [7, 11) is 0. The Morgan fingerprint density at radius 3 is 2.55 bits per heavy atom. The molecule has 0 aliphatic heterocycles. The third-order valence-corrected chi connectivity index (χ3v) is 3.41. The van der Waals surface area contributed by atoms with Crippen molar-refractivity contribution in [3.8, 4) is 0 Å². The first-order valence-electron chi connectivity index (χ1n) is 7.76. The van der Waals surface area contributed by atoms with Crippen molar-refractivity contribution in [3.05, 3.63) is 59.5 Å². The second-order valence-electron chi connectivity index (χ2n) is 5.42. The zero-order chi connectivity index (χ0) is 15.8. The molecule has 0 aliphatic carbocycles. The minimum absolute atomic E-state index is 0.0892. The molecule has 118 valence electrons. The zero-order valence-corrected chi connectivity index (χ0v) is 13.3. The van der Waals surface area contributed by atoms with Gasteiger partial charge in [0.2, 0.25) is 5.91 Å². The molecule has 4 heteroatoms. The fraction of sp³-hybridized carbons (Fsp3) is 0.389. The Balaban J connectivity index is 2.04. The summed E-state index contributed by atoms with van der Waals surface area (Å²) in [5, 5.41) is 3.17. The molecular weight excluding hydrogens is 276 g/mol. The van der Waals surface area contributed by atoms with Gasteiger partial charge in [0.05, 0.1) is 13.1 Å². The number of hydrogen-bond donors (Lipinski definition) is 1. The molecular formula is C18H24N2O2. The normalized spacial score (nSPS) is 10.6.